The first-order chi connectivity index (χ1) is 14.0. The normalized spacial score (nSPS) is 20.4. The maximum absolute atomic E-state index is 13.1. The third kappa shape index (κ3) is 3.72. The van der Waals surface area contributed by atoms with Crippen LogP contribution in [0.4, 0.5) is 11.4 Å². The molecule has 1 atom stereocenters. The predicted octanol–water partition coefficient (Wildman–Crippen LogP) is 2.77. The maximum atomic E-state index is 13.1. The predicted molar refractivity (Wildman–Crippen MR) is 114 cm³/mol. The van der Waals surface area contributed by atoms with Gasteiger partial charge >= 0.3 is 0 Å². The minimum atomic E-state index is -0.360. The summed E-state index contributed by atoms with van der Waals surface area (Å²) in [6.45, 7) is 7.13. The first-order valence-corrected chi connectivity index (χ1v) is 10.0. The number of benzene rings is 2. The summed E-state index contributed by atoms with van der Waals surface area (Å²) in [5.74, 6) is 0.637. The zero-order valence-corrected chi connectivity index (χ0v) is 17.2. The Morgan fingerprint density at radius 3 is 2.24 bits per heavy atom. The average Bonchev–Trinajstić information content (AvgIpc) is 3.02. The van der Waals surface area contributed by atoms with Gasteiger partial charge in [-0.05, 0) is 49.7 Å². The van der Waals surface area contributed by atoms with E-state index in [2.05, 4.69) is 21.9 Å². The number of carbonyl (C=O) groups excluding carboxylic acids is 2. The SMILES string of the molecule is COc1ccc(N2CCN(C3CC(=O)N(c4ccc(C)cc4C)C3=O)CC2)cc1. The Kier molecular flexibility index (Phi) is 5.28. The van der Waals surface area contributed by atoms with Gasteiger partial charge < -0.3 is 9.64 Å². The quantitative estimate of drug-likeness (QED) is 0.748. The summed E-state index contributed by atoms with van der Waals surface area (Å²) in [7, 11) is 1.66. The number of rotatable bonds is 4. The Labute approximate surface area is 171 Å². The third-order valence-electron chi connectivity index (χ3n) is 5.91. The van der Waals surface area contributed by atoms with Crippen LogP contribution in [0.15, 0.2) is 42.5 Å². The summed E-state index contributed by atoms with van der Waals surface area (Å²) in [5, 5.41) is 0. The fourth-order valence-corrected chi connectivity index (χ4v) is 4.30. The number of hydrogen-bond donors (Lipinski definition) is 0. The highest BCUT2D eigenvalue weighted by Crippen LogP contribution is 2.30. The highest BCUT2D eigenvalue weighted by molar-refractivity contribution is 6.22. The lowest BCUT2D eigenvalue weighted by atomic mass is 10.1. The zero-order valence-electron chi connectivity index (χ0n) is 17.2. The van der Waals surface area contributed by atoms with Crippen molar-refractivity contribution < 1.29 is 14.3 Å². The van der Waals surface area contributed by atoms with Gasteiger partial charge in [0.15, 0.2) is 0 Å². The number of anilines is 2. The van der Waals surface area contributed by atoms with E-state index in [0.29, 0.717) is 5.69 Å². The van der Waals surface area contributed by atoms with E-state index in [0.717, 1.165) is 48.7 Å². The molecule has 152 valence electrons. The van der Waals surface area contributed by atoms with Crippen LogP contribution in [0.25, 0.3) is 0 Å². The van der Waals surface area contributed by atoms with Crippen LogP contribution in [0.2, 0.25) is 0 Å². The Hall–Kier alpha value is -2.86. The van der Waals surface area contributed by atoms with Crippen LogP contribution < -0.4 is 14.5 Å². The van der Waals surface area contributed by atoms with Gasteiger partial charge in [-0.1, -0.05) is 17.7 Å². The molecule has 2 fully saturated rings. The van der Waals surface area contributed by atoms with Crippen LogP contribution in [-0.4, -0.2) is 56.0 Å². The number of ether oxygens (including phenoxy) is 1. The van der Waals surface area contributed by atoms with Gasteiger partial charge in [-0.25, -0.2) is 4.90 Å². The molecule has 2 aliphatic heterocycles. The second-order valence-corrected chi connectivity index (χ2v) is 7.80. The molecule has 2 amide bonds. The van der Waals surface area contributed by atoms with Crippen LogP contribution in [0, 0.1) is 13.8 Å². The van der Waals surface area contributed by atoms with Crippen molar-refractivity contribution in [3.8, 4) is 5.75 Å². The molecule has 0 spiro atoms. The molecule has 2 aromatic carbocycles. The van der Waals surface area contributed by atoms with Gasteiger partial charge in [0.25, 0.3) is 5.91 Å². The molecule has 2 saturated heterocycles. The number of piperazine rings is 1. The molecule has 4 rings (SSSR count). The Bertz CT molecular complexity index is 917. The minimum Gasteiger partial charge on any atom is -0.497 e. The van der Waals surface area contributed by atoms with Crippen molar-refractivity contribution in [2.45, 2.75) is 26.3 Å². The third-order valence-corrected chi connectivity index (χ3v) is 5.91. The standard InChI is InChI=1S/C23H27N3O3/c1-16-4-9-20(17(2)14-16)26-22(27)15-21(23(26)28)25-12-10-24(11-13-25)18-5-7-19(29-3)8-6-18/h4-9,14,21H,10-13,15H2,1-3H3. The average molecular weight is 393 g/mol. The molecule has 0 aromatic heterocycles. The Morgan fingerprint density at radius 2 is 1.62 bits per heavy atom. The molecular formula is C23H27N3O3. The summed E-state index contributed by atoms with van der Waals surface area (Å²) in [6, 6.07) is 13.5. The van der Waals surface area contributed by atoms with Gasteiger partial charge in [-0.15, -0.1) is 0 Å². The molecule has 0 radical (unpaired) electrons. The lowest BCUT2D eigenvalue weighted by Gasteiger charge is -2.38. The molecule has 6 heteroatoms. The summed E-state index contributed by atoms with van der Waals surface area (Å²) in [4.78, 5) is 31.6. The summed E-state index contributed by atoms with van der Waals surface area (Å²) >= 11 is 0. The summed E-state index contributed by atoms with van der Waals surface area (Å²) < 4.78 is 5.22. The molecule has 1 unspecified atom stereocenters. The van der Waals surface area contributed by atoms with Crippen LogP contribution in [0.1, 0.15) is 17.5 Å². The molecular weight excluding hydrogens is 366 g/mol. The molecule has 0 N–H and O–H groups in total. The van der Waals surface area contributed by atoms with Crippen molar-refractivity contribution in [1.29, 1.82) is 0 Å². The maximum Gasteiger partial charge on any atom is 0.251 e. The molecule has 6 nitrogen and oxygen atoms in total. The molecule has 0 saturated carbocycles. The van der Waals surface area contributed by atoms with Gasteiger partial charge in [0.1, 0.15) is 5.75 Å². The monoisotopic (exact) mass is 393 g/mol. The fraction of sp³-hybridized carbons (Fsp3) is 0.391. The largest absolute Gasteiger partial charge is 0.497 e. The number of nitrogens with zero attached hydrogens (tertiary/aromatic N) is 3. The number of methoxy groups -OCH3 is 1. The zero-order chi connectivity index (χ0) is 20.5. The molecule has 0 bridgehead atoms. The van der Waals surface area contributed by atoms with Crippen molar-refractivity contribution in [1.82, 2.24) is 4.90 Å². The van der Waals surface area contributed by atoms with Crippen molar-refractivity contribution >= 4 is 23.2 Å². The Morgan fingerprint density at radius 1 is 0.931 bits per heavy atom. The second-order valence-electron chi connectivity index (χ2n) is 7.80. The second kappa shape index (κ2) is 7.87. The molecule has 0 aliphatic carbocycles. The van der Waals surface area contributed by atoms with Gasteiger partial charge in [-0.2, -0.15) is 0 Å². The molecule has 2 heterocycles. The van der Waals surface area contributed by atoms with Crippen LogP contribution in [0.3, 0.4) is 0 Å². The van der Waals surface area contributed by atoms with Gasteiger partial charge in [0.05, 0.1) is 25.3 Å². The van der Waals surface area contributed by atoms with E-state index in [1.807, 2.05) is 44.2 Å². The molecule has 29 heavy (non-hydrogen) atoms. The highest BCUT2D eigenvalue weighted by Gasteiger charge is 2.43. The number of amides is 2. The van der Waals surface area contributed by atoms with E-state index in [4.69, 9.17) is 4.74 Å². The molecule has 2 aliphatic rings. The van der Waals surface area contributed by atoms with Crippen molar-refractivity contribution in [2.75, 3.05) is 43.1 Å². The van der Waals surface area contributed by atoms with E-state index in [1.165, 1.54) is 4.90 Å². The summed E-state index contributed by atoms with van der Waals surface area (Å²) in [6.07, 6.45) is 0.259. The van der Waals surface area contributed by atoms with Crippen molar-refractivity contribution in [2.24, 2.45) is 0 Å². The lowest BCUT2D eigenvalue weighted by molar-refractivity contribution is -0.123. The van der Waals surface area contributed by atoms with Crippen LogP contribution in [-0.2, 0) is 9.59 Å². The number of hydrogen-bond acceptors (Lipinski definition) is 5. The number of imide groups is 1. The first kappa shape index (κ1) is 19.5. The smallest absolute Gasteiger partial charge is 0.251 e. The van der Waals surface area contributed by atoms with Crippen molar-refractivity contribution in [3.05, 3.63) is 53.6 Å². The fourth-order valence-electron chi connectivity index (χ4n) is 4.30. The lowest BCUT2D eigenvalue weighted by Crippen LogP contribution is -2.52. The van der Waals surface area contributed by atoms with Gasteiger partial charge in [0, 0.05) is 31.9 Å². The van der Waals surface area contributed by atoms with E-state index in [9.17, 15) is 9.59 Å². The number of carbonyl (C=O) groups is 2. The van der Waals surface area contributed by atoms with E-state index in [-0.39, 0.29) is 24.3 Å². The van der Waals surface area contributed by atoms with Crippen molar-refractivity contribution in [3.63, 3.8) is 0 Å². The van der Waals surface area contributed by atoms with Gasteiger partial charge in [0.2, 0.25) is 5.91 Å². The van der Waals surface area contributed by atoms with Crippen LogP contribution >= 0.6 is 0 Å². The van der Waals surface area contributed by atoms with E-state index >= 15 is 0 Å². The van der Waals surface area contributed by atoms with Gasteiger partial charge in [-0.3, -0.25) is 14.5 Å². The number of aryl methyl sites for hydroxylation is 2. The molecule has 2 aromatic rings. The Balaban J connectivity index is 1.43. The van der Waals surface area contributed by atoms with E-state index in [1.54, 1.807) is 7.11 Å². The first-order valence-electron chi connectivity index (χ1n) is 10.0. The van der Waals surface area contributed by atoms with E-state index < -0.39 is 0 Å². The topological polar surface area (TPSA) is 53.1 Å². The highest BCUT2D eigenvalue weighted by atomic mass is 16.5. The minimum absolute atomic E-state index is 0.0974. The summed E-state index contributed by atoms with van der Waals surface area (Å²) in [5.41, 5.74) is 3.94. The van der Waals surface area contributed by atoms with Crippen LogP contribution in [0.5, 0.6) is 5.75 Å².